The van der Waals surface area contributed by atoms with Gasteiger partial charge in [-0.25, -0.2) is 4.98 Å². The Balaban J connectivity index is 1.99. The third-order valence-electron chi connectivity index (χ3n) is 2.78. The molecule has 2 rings (SSSR count). The molecule has 0 unspecified atom stereocenters. The lowest BCUT2D eigenvalue weighted by molar-refractivity contribution is -0.384. The van der Waals surface area contributed by atoms with Crippen molar-refractivity contribution in [3.05, 3.63) is 46.3 Å². The van der Waals surface area contributed by atoms with Crippen LogP contribution in [0.25, 0.3) is 11.4 Å². The average Bonchev–Trinajstić information content (AvgIpc) is 2.92. The van der Waals surface area contributed by atoms with Crippen molar-refractivity contribution < 1.29 is 9.66 Å². The molecule has 0 fully saturated rings. The van der Waals surface area contributed by atoms with E-state index in [1.54, 1.807) is 25.4 Å². The van der Waals surface area contributed by atoms with Crippen molar-refractivity contribution in [3.8, 4) is 11.4 Å². The van der Waals surface area contributed by atoms with Gasteiger partial charge in [-0.15, -0.1) is 0 Å². The number of nitro groups is 1. The Labute approximate surface area is 116 Å². The monoisotopic (exact) mass is 276 g/mol. The van der Waals surface area contributed by atoms with Crippen LogP contribution in [0, 0.1) is 10.1 Å². The molecule has 2 N–H and O–H groups in total. The Bertz CT molecular complexity index is 565. The number of imidazole rings is 1. The Morgan fingerprint density at radius 1 is 1.40 bits per heavy atom. The second-order valence-electron chi connectivity index (χ2n) is 4.23. The van der Waals surface area contributed by atoms with Gasteiger partial charge in [-0.3, -0.25) is 10.1 Å². The normalized spacial score (nSPS) is 10.7. The van der Waals surface area contributed by atoms with Crippen molar-refractivity contribution in [2.75, 3.05) is 20.3 Å². The number of benzene rings is 1. The largest absolute Gasteiger partial charge is 0.383 e. The number of methoxy groups -OCH3 is 1. The molecule has 0 aliphatic rings. The van der Waals surface area contributed by atoms with Crippen LogP contribution in [-0.4, -0.2) is 35.2 Å². The molecule has 1 aromatic carbocycles. The fourth-order valence-electron chi connectivity index (χ4n) is 1.73. The summed E-state index contributed by atoms with van der Waals surface area (Å²) in [6.45, 7) is 2.09. The molecule has 2 aromatic rings. The number of nitrogens with one attached hydrogen (secondary N) is 2. The Hall–Kier alpha value is -2.25. The van der Waals surface area contributed by atoms with Gasteiger partial charge in [-0.2, -0.15) is 0 Å². The highest BCUT2D eigenvalue weighted by Crippen LogP contribution is 2.19. The van der Waals surface area contributed by atoms with Gasteiger partial charge in [0.05, 0.1) is 11.5 Å². The van der Waals surface area contributed by atoms with Gasteiger partial charge in [0.1, 0.15) is 5.82 Å². The number of non-ortho nitro benzene ring substituents is 1. The van der Waals surface area contributed by atoms with Gasteiger partial charge in [-0.1, -0.05) is 0 Å². The fraction of sp³-hybridized carbons (Fsp3) is 0.308. The van der Waals surface area contributed by atoms with Crippen molar-refractivity contribution in [2.24, 2.45) is 0 Å². The number of ether oxygens (including phenoxy) is 1. The molecule has 0 saturated heterocycles. The van der Waals surface area contributed by atoms with E-state index in [1.807, 2.05) is 0 Å². The third kappa shape index (κ3) is 3.62. The molecule has 0 amide bonds. The molecule has 0 aliphatic carbocycles. The summed E-state index contributed by atoms with van der Waals surface area (Å²) < 4.78 is 4.94. The number of rotatable bonds is 7. The Morgan fingerprint density at radius 2 is 2.15 bits per heavy atom. The van der Waals surface area contributed by atoms with E-state index in [2.05, 4.69) is 15.3 Å². The molecule has 0 bridgehead atoms. The summed E-state index contributed by atoms with van der Waals surface area (Å²) in [7, 11) is 1.66. The lowest BCUT2D eigenvalue weighted by atomic mass is 10.2. The zero-order chi connectivity index (χ0) is 14.4. The van der Waals surface area contributed by atoms with Crippen LogP contribution < -0.4 is 5.32 Å². The van der Waals surface area contributed by atoms with E-state index < -0.39 is 4.92 Å². The minimum Gasteiger partial charge on any atom is -0.383 e. The van der Waals surface area contributed by atoms with E-state index in [0.717, 1.165) is 17.8 Å². The molecule has 0 radical (unpaired) electrons. The predicted octanol–water partition coefficient (Wildman–Crippen LogP) is 1.72. The molecule has 7 nitrogen and oxygen atoms in total. The smallest absolute Gasteiger partial charge is 0.269 e. The summed E-state index contributed by atoms with van der Waals surface area (Å²) in [5, 5.41) is 13.8. The maximum absolute atomic E-state index is 10.6. The van der Waals surface area contributed by atoms with E-state index in [1.165, 1.54) is 12.1 Å². The van der Waals surface area contributed by atoms with Gasteiger partial charge < -0.3 is 15.0 Å². The van der Waals surface area contributed by atoms with Crippen LogP contribution in [0.5, 0.6) is 0 Å². The first-order valence-corrected chi connectivity index (χ1v) is 6.19. The van der Waals surface area contributed by atoms with Crippen LogP contribution in [0.2, 0.25) is 0 Å². The fourth-order valence-corrected chi connectivity index (χ4v) is 1.73. The van der Waals surface area contributed by atoms with Crippen molar-refractivity contribution in [3.63, 3.8) is 0 Å². The van der Waals surface area contributed by atoms with Gasteiger partial charge >= 0.3 is 0 Å². The van der Waals surface area contributed by atoms with Crippen molar-refractivity contribution >= 4 is 5.69 Å². The SMILES string of the molecule is COCCNCc1cnc(-c2ccc([N+](=O)[O-])cc2)[nH]1. The average molecular weight is 276 g/mol. The van der Waals surface area contributed by atoms with Crippen LogP contribution in [-0.2, 0) is 11.3 Å². The number of hydrogen-bond donors (Lipinski definition) is 2. The van der Waals surface area contributed by atoms with Gasteiger partial charge in [0.25, 0.3) is 5.69 Å². The zero-order valence-corrected chi connectivity index (χ0v) is 11.1. The molecular weight excluding hydrogens is 260 g/mol. The topological polar surface area (TPSA) is 93.1 Å². The number of aromatic nitrogens is 2. The van der Waals surface area contributed by atoms with Gasteiger partial charge in [0.2, 0.25) is 0 Å². The molecule has 1 heterocycles. The summed E-state index contributed by atoms with van der Waals surface area (Å²) in [5.41, 5.74) is 1.84. The minimum absolute atomic E-state index is 0.0711. The van der Waals surface area contributed by atoms with E-state index in [4.69, 9.17) is 4.74 Å². The lowest BCUT2D eigenvalue weighted by Crippen LogP contribution is -2.18. The molecule has 20 heavy (non-hydrogen) atoms. The van der Waals surface area contributed by atoms with Crippen LogP contribution >= 0.6 is 0 Å². The first-order valence-electron chi connectivity index (χ1n) is 6.19. The molecule has 0 aliphatic heterocycles. The van der Waals surface area contributed by atoms with Crippen molar-refractivity contribution in [1.29, 1.82) is 0 Å². The van der Waals surface area contributed by atoms with Crippen molar-refractivity contribution in [1.82, 2.24) is 15.3 Å². The minimum atomic E-state index is -0.420. The first-order chi connectivity index (χ1) is 9.70. The molecule has 7 heteroatoms. The molecular formula is C13H16N4O3. The maximum atomic E-state index is 10.6. The number of nitro benzene ring substituents is 1. The summed E-state index contributed by atoms with van der Waals surface area (Å²) in [6, 6.07) is 6.29. The second kappa shape index (κ2) is 6.78. The second-order valence-corrected chi connectivity index (χ2v) is 4.23. The number of aromatic amines is 1. The summed E-state index contributed by atoms with van der Waals surface area (Å²) >= 11 is 0. The van der Waals surface area contributed by atoms with Crippen LogP contribution in [0.4, 0.5) is 5.69 Å². The summed E-state index contributed by atoms with van der Waals surface area (Å²) in [5.74, 6) is 0.698. The lowest BCUT2D eigenvalue weighted by Gasteiger charge is -2.01. The number of H-pyrrole nitrogens is 1. The number of hydrogen-bond acceptors (Lipinski definition) is 5. The maximum Gasteiger partial charge on any atom is 0.269 e. The Morgan fingerprint density at radius 3 is 2.80 bits per heavy atom. The van der Waals surface area contributed by atoms with Gasteiger partial charge in [0, 0.05) is 49.8 Å². The summed E-state index contributed by atoms with van der Waals surface area (Å²) in [4.78, 5) is 17.6. The van der Waals surface area contributed by atoms with Crippen molar-refractivity contribution in [2.45, 2.75) is 6.54 Å². The van der Waals surface area contributed by atoms with Crippen LogP contribution in [0.1, 0.15) is 5.69 Å². The molecule has 0 atom stereocenters. The van der Waals surface area contributed by atoms with E-state index in [9.17, 15) is 10.1 Å². The van der Waals surface area contributed by atoms with Gasteiger partial charge in [-0.05, 0) is 12.1 Å². The number of nitrogens with zero attached hydrogens (tertiary/aromatic N) is 2. The van der Waals surface area contributed by atoms with E-state index >= 15 is 0 Å². The predicted molar refractivity (Wildman–Crippen MR) is 74.3 cm³/mol. The quantitative estimate of drug-likeness (QED) is 0.456. The van der Waals surface area contributed by atoms with Crippen LogP contribution in [0.15, 0.2) is 30.5 Å². The van der Waals surface area contributed by atoms with E-state index in [0.29, 0.717) is 19.0 Å². The summed E-state index contributed by atoms with van der Waals surface area (Å²) in [6.07, 6.45) is 1.75. The highest BCUT2D eigenvalue weighted by atomic mass is 16.6. The zero-order valence-electron chi connectivity index (χ0n) is 11.1. The third-order valence-corrected chi connectivity index (χ3v) is 2.78. The highest BCUT2D eigenvalue weighted by molar-refractivity contribution is 5.57. The molecule has 0 saturated carbocycles. The van der Waals surface area contributed by atoms with E-state index in [-0.39, 0.29) is 5.69 Å². The molecule has 0 spiro atoms. The van der Waals surface area contributed by atoms with Crippen LogP contribution in [0.3, 0.4) is 0 Å². The Kier molecular flexibility index (Phi) is 4.80. The first kappa shape index (κ1) is 14.2. The van der Waals surface area contributed by atoms with Gasteiger partial charge in [0.15, 0.2) is 0 Å². The molecule has 1 aromatic heterocycles. The standard InChI is InChI=1S/C13H16N4O3/c1-20-7-6-14-8-11-9-15-13(16-11)10-2-4-12(5-3-10)17(18)19/h2-5,9,14H,6-8H2,1H3,(H,15,16). The molecule has 106 valence electrons. The highest BCUT2D eigenvalue weighted by Gasteiger charge is 2.07.